The van der Waals surface area contributed by atoms with Gasteiger partial charge in [-0.1, -0.05) is 37.3 Å². The smallest absolute Gasteiger partial charge is 0.407 e. The van der Waals surface area contributed by atoms with Crippen LogP contribution in [-0.4, -0.2) is 66.1 Å². The lowest BCUT2D eigenvalue weighted by Crippen LogP contribution is -2.31. The summed E-state index contributed by atoms with van der Waals surface area (Å²) in [4.78, 5) is 17.4. The van der Waals surface area contributed by atoms with Gasteiger partial charge in [0.2, 0.25) is 21.8 Å². The van der Waals surface area contributed by atoms with Crippen molar-refractivity contribution < 1.29 is 22.7 Å². The fourth-order valence-corrected chi connectivity index (χ4v) is 4.71. The first-order valence-corrected chi connectivity index (χ1v) is 13.8. The van der Waals surface area contributed by atoms with E-state index in [9.17, 15) is 18.3 Å². The van der Waals surface area contributed by atoms with Crippen LogP contribution in [0, 0.1) is 11.8 Å². The van der Waals surface area contributed by atoms with Crippen molar-refractivity contribution in [3.63, 3.8) is 0 Å². The number of carbonyl (C=O) groups is 1. The minimum atomic E-state index is -3.57. The quantitative estimate of drug-likeness (QED) is 0.401. The van der Waals surface area contributed by atoms with Crippen LogP contribution in [0.2, 0.25) is 0 Å². The van der Waals surface area contributed by atoms with Gasteiger partial charge in [0, 0.05) is 32.1 Å². The van der Waals surface area contributed by atoms with Crippen LogP contribution >= 0.6 is 0 Å². The van der Waals surface area contributed by atoms with Gasteiger partial charge in [0.25, 0.3) is 0 Å². The second-order valence-electron chi connectivity index (χ2n) is 9.68. The van der Waals surface area contributed by atoms with Crippen molar-refractivity contribution in [3.8, 4) is 11.5 Å². The molecule has 2 N–H and O–H groups in total. The zero-order valence-corrected chi connectivity index (χ0v) is 22.3. The van der Waals surface area contributed by atoms with Crippen molar-refractivity contribution in [2.75, 3.05) is 30.0 Å². The molecule has 2 heterocycles. The van der Waals surface area contributed by atoms with Crippen LogP contribution < -0.4 is 9.62 Å². The van der Waals surface area contributed by atoms with E-state index in [0.717, 1.165) is 27.4 Å². The standard InChI is InChI=1S/C25H32N6O5S/c1-15-11-19(15)16(2)26-21-13-18(14-22(27-21)31(4)37(5,34)35)23-28-29-24(36-23)20(30(3)25(32)33)12-17-9-7-6-8-10-17/h6-10,13-16,19-20H,11-12H2,1-5H3,(H,26,27)(H,32,33)/t15-,16-,19-,20?/m0/s1. The van der Waals surface area contributed by atoms with Crippen molar-refractivity contribution >= 4 is 27.8 Å². The molecule has 1 unspecified atom stereocenters. The molecule has 4 atom stereocenters. The topological polar surface area (TPSA) is 142 Å². The molecule has 12 heteroatoms. The first-order chi connectivity index (χ1) is 17.4. The lowest BCUT2D eigenvalue weighted by Gasteiger charge is -2.22. The molecule has 0 aliphatic heterocycles. The molecule has 1 saturated carbocycles. The molecule has 0 radical (unpaired) electrons. The summed E-state index contributed by atoms with van der Waals surface area (Å²) in [5.74, 6) is 2.08. The molecule has 2 aromatic heterocycles. The number of hydrogen-bond donors (Lipinski definition) is 2. The normalized spacial score (nSPS) is 18.6. The van der Waals surface area contributed by atoms with E-state index in [0.29, 0.717) is 29.6 Å². The maximum atomic E-state index is 12.2. The highest BCUT2D eigenvalue weighted by atomic mass is 32.2. The Balaban J connectivity index is 1.70. The van der Waals surface area contributed by atoms with E-state index in [1.807, 2.05) is 30.3 Å². The molecule has 1 aliphatic rings. The van der Waals surface area contributed by atoms with Gasteiger partial charge in [0.05, 0.1) is 6.26 Å². The van der Waals surface area contributed by atoms with E-state index in [1.165, 1.54) is 14.1 Å². The fourth-order valence-electron chi connectivity index (χ4n) is 4.28. The van der Waals surface area contributed by atoms with Crippen LogP contribution in [0.5, 0.6) is 0 Å². The summed E-state index contributed by atoms with van der Waals surface area (Å²) < 4.78 is 31.5. The Bertz CT molecular complexity index is 1360. The molecule has 1 aromatic carbocycles. The Labute approximate surface area is 216 Å². The Morgan fingerprint density at radius 1 is 1.22 bits per heavy atom. The highest BCUT2D eigenvalue weighted by Gasteiger charge is 2.37. The van der Waals surface area contributed by atoms with Crippen LogP contribution in [0.3, 0.4) is 0 Å². The number of sulfonamides is 1. The van der Waals surface area contributed by atoms with Crippen LogP contribution in [0.4, 0.5) is 16.4 Å². The summed E-state index contributed by atoms with van der Waals surface area (Å²) in [6, 6.07) is 12.2. The molecule has 0 spiro atoms. The van der Waals surface area contributed by atoms with E-state index in [-0.39, 0.29) is 23.6 Å². The average molecular weight is 529 g/mol. The van der Waals surface area contributed by atoms with Crippen molar-refractivity contribution in [1.29, 1.82) is 0 Å². The molecule has 1 amide bonds. The summed E-state index contributed by atoms with van der Waals surface area (Å²) in [6.45, 7) is 4.26. The average Bonchev–Trinajstić information content (AvgIpc) is 3.39. The van der Waals surface area contributed by atoms with Gasteiger partial charge in [-0.3, -0.25) is 9.21 Å². The molecular weight excluding hydrogens is 496 g/mol. The fraction of sp³-hybridized carbons (Fsp3) is 0.440. The lowest BCUT2D eigenvalue weighted by molar-refractivity contribution is 0.130. The number of nitrogens with one attached hydrogen (secondary N) is 1. The third-order valence-corrected chi connectivity index (χ3v) is 8.02. The number of likely N-dealkylation sites (N-methyl/N-ethyl adjacent to an activating group) is 1. The van der Waals surface area contributed by atoms with E-state index < -0.39 is 22.2 Å². The molecule has 1 fully saturated rings. The largest absolute Gasteiger partial charge is 0.465 e. The minimum absolute atomic E-state index is 0.132. The molecular formula is C25H32N6O5S. The van der Waals surface area contributed by atoms with Crippen molar-refractivity contribution in [2.45, 2.75) is 38.8 Å². The lowest BCUT2D eigenvalue weighted by atomic mass is 10.1. The Morgan fingerprint density at radius 3 is 2.49 bits per heavy atom. The second kappa shape index (κ2) is 10.4. The molecule has 0 bridgehead atoms. The van der Waals surface area contributed by atoms with Crippen LogP contribution in [-0.2, 0) is 16.4 Å². The number of amides is 1. The monoisotopic (exact) mass is 528 g/mol. The molecule has 4 rings (SSSR count). The molecule has 37 heavy (non-hydrogen) atoms. The first kappa shape index (κ1) is 26.4. The zero-order valence-electron chi connectivity index (χ0n) is 21.5. The van der Waals surface area contributed by atoms with Gasteiger partial charge in [-0.05, 0) is 42.9 Å². The number of pyridine rings is 1. The van der Waals surface area contributed by atoms with E-state index in [4.69, 9.17) is 4.42 Å². The van der Waals surface area contributed by atoms with Gasteiger partial charge >= 0.3 is 6.09 Å². The number of hydrogen-bond acceptors (Lipinski definition) is 8. The van der Waals surface area contributed by atoms with Crippen LogP contribution in [0.1, 0.15) is 37.8 Å². The first-order valence-electron chi connectivity index (χ1n) is 12.0. The van der Waals surface area contributed by atoms with Gasteiger partial charge in [-0.25, -0.2) is 18.2 Å². The second-order valence-corrected chi connectivity index (χ2v) is 11.7. The van der Waals surface area contributed by atoms with Gasteiger partial charge in [-0.2, -0.15) is 0 Å². The highest BCUT2D eigenvalue weighted by Crippen LogP contribution is 2.41. The highest BCUT2D eigenvalue weighted by molar-refractivity contribution is 7.92. The molecule has 1 aliphatic carbocycles. The zero-order chi connectivity index (χ0) is 26.9. The molecule has 0 saturated heterocycles. The van der Waals surface area contributed by atoms with Crippen LogP contribution in [0.15, 0.2) is 46.9 Å². The van der Waals surface area contributed by atoms with Crippen LogP contribution in [0.25, 0.3) is 11.5 Å². The van der Waals surface area contributed by atoms with Crippen molar-refractivity contribution in [3.05, 3.63) is 53.9 Å². The van der Waals surface area contributed by atoms with Crippen molar-refractivity contribution in [1.82, 2.24) is 20.1 Å². The number of anilines is 2. The predicted molar refractivity (Wildman–Crippen MR) is 140 cm³/mol. The molecule has 3 aromatic rings. The minimum Gasteiger partial charge on any atom is -0.465 e. The number of benzene rings is 1. The Kier molecular flexibility index (Phi) is 7.39. The van der Waals surface area contributed by atoms with Crippen molar-refractivity contribution in [2.24, 2.45) is 11.8 Å². The number of nitrogens with zero attached hydrogens (tertiary/aromatic N) is 5. The number of carboxylic acid groups (broad SMARTS) is 1. The summed E-state index contributed by atoms with van der Waals surface area (Å²) in [7, 11) is -0.695. The third-order valence-electron chi connectivity index (χ3n) is 6.84. The number of rotatable bonds is 10. The summed E-state index contributed by atoms with van der Waals surface area (Å²) in [5.41, 5.74) is 1.38. The summed E-state index contributed by atoms with van der Waals surface area (Å²) in [6.07, 6.45) is 1.44. The van der Waals surface area contributed by atoms with E-state index in [1.54, 1.807) is 12.1 Å². The summed E-state index contributed by atoms with van der Waals surface area (Å²) >= 11 is 0. The van der Waals surface area contributed by atoms with Gasteiger partial charge in [0.15, 0.2) is 0 Å². The summed E-state index contributed by atoms with van der Waals surface area (Å²) in [5, 5.41) is 21.3. The van der Waals surface area contributed by atoms with Gasteiger partial charge < -0.3 is 14.8 Å². The van der Waals surface area contributed by atoms with Gasteiger partial charge in [-0.15, -0.1) is 10.2 Å². The maximum Gasteiger partial charge on any atom is 0.407 e. The van der Waals surface area contributed by atoms with Gasteiger partial charge in [0.1, 0.15) is 17.7 Å². The Hall–Kier alpha value is -3.67. The predicted octanol–water partition coefficient (Wildman–Crippen LogP) is 3.88. The third kappa shape index (κ3) is 6.19. The maximum absolute atomic E-state index is 12.2. The van der Waals surface area contributed by atoms with E-state index >= 15 is 0 Å². The Morgan fingerprint density at radius 2 is 1.89 bits per heavy atom. The molecule has 198 valence electrons. The SMILES string of the molecule is C[C@H](Nc1cc(-c2nnc(C(Cc3ccccc3)N(C)C(=O)O)o2)cc(N(C)S(C)(=O)=O)n1)[C@H]1C[C@@H]1C. The van der Waals surface area contributed by atoms with E-state index in [2.05, 4.69) is 34.3 Å². The number of aromatic nitrogens is 3. The molecule has 11 nitrogen and oxygen atoms in total.